The van der Waals surface area contributed by atoms with E-state index in [0.29, 0.717) is 0 Å². The van der Waals surface area contributed by atoms with Gasteiger partial charge >= 0.3 is 17.1 Å². The van der Waals surface area contributed by atoms with Gasteiger partial charge in [0.2, 0.25) is 0 Å². The summed E-state index contributed by atoms with van der Waals surface area (Å²) in [5.74, 6) is 0. The maximum absolute atomic E-state index is 4.66. The summed E-state index contributed by atoms with van der Waals surface area (Å²) in [4.78, 5) is 0. The van der Waals surface area contributed by atoms with Gasteiger partial charge in [0.05, 0.1) is 0 Å². The molecule has 0 aromatic carbocycles. The Balaban J connectivity index is -0.0000000369. The first-order chi connectivity index (χ1) is 7.11. The van der Waals surface area contributed by atoms with Gasteiger partial charge in [-0.15, -0.1) is 0 Å². The summed E-state index contributed by atoms with van der Waals surface area (Å²) in [5, 5.41) is 0. The minimum absolute atomic E-state index is 0. The molecule has 0 aliphatic carbocycles. The molecule has 0 saturated carbocycles. The third-order valence-corrected chi connectivity index (χ3v) is 0.500. The van der Waals surface area contributed by atoms with Crippen LogP contribution in [0.2, 0.25) is 0 Å². The molecule has 0 rings (SSSR count). The molecule has 0 fully saturated rings. The molecule has 103 valence electrons. The van der Waals surface area contributed by atoms with Crippen molar-refractivity contribution in [3.05, 3.63) is 0 Å². The first-order valence-corrected chi connectivity index (χ1v) is 6.45. The Bertz CT molecular complexity index is 148. The second kappa shape index (κ2) is 30.1. The molecule has 17 heavy (non-hydrogen) atoms. The number of thiocarbonyl (C=S) groups is 3. The standard InChI is InChI=1S/C4H10.3CH3NS2.Fe/c1-3-4-2;3*2-1(3)4;/h3-4H2,1-2H3;3*(H3,2,3,4);/q;;;;+3/p-3. The Morgan fingerprint density at radius 3 is 0.824 bits per heavy atom. The molecule has 10 heteroatoms. The summed E-state index contributed by atoms with van der Waals surface area (Å²) in [6.45, 7) is 4.36. The molecule has 6 N–H and O–H groups in total. The molecule has 0 atom stereocenters. The molecule has 0 aliphatic heterocycles. The van der Waals surface area contributed by atoms with Crippen LogP contribution < -0.4 is 17.2 Å². The average molecular weight is 390 g/mol. The van der Waals surface area contributed by atoms with Crippen LogP contribution in [0, 0.1) is 0 Å². The molecule has 0 aromatic rings. The monoisotopic (exact) mass is 390 g/mol. The van der Waals surface area contributed by atoms with Crippen molar-refractivity contribution in [3.8, 4) is 0 Å². The van der Waals surface area contributed by atoms with Crippen LogP contribution in [0.15, 0.2) is 0 Å². The van der Waals surface area contributed by atoms with Crippen molar-refractivity contribution in [2.45, 2.75) is 26.7 Å². The predicted molar refractivity (Wildman–Crippen MR) is 93.0 cm³/mol. The van der Waals surface area contributed by atoms with E-state index in [9.17, 15) is 0 Å². The molecular formula is C7H16FeN3S6. The van der Waals surface area contributed by atoms with Crippen LogP contribution in [0.1, 0.15) is 26.7 Å². The van der Waals surface area contributed by atoms with Crippen molar-refractivity contribution in [2.75, 3.05) is 0 Å². The quantitative estimate of drug-likeness (QED) is 0.347. The summed E-state index contributed by atoms with van der Waals surface area (Å²) >= 11 is 24.8. The second-order valence-corrected chi connectivity index (χ2v) is 5.37. The van der Waals surface area contributed by atoms with E-state index in [1.54, 1.807) is 0 Å². The van der Waals surface area contributed by atoms with E-state index in [2.05, 4.69) is 106 Å². The summed E-state index contributed by atoms with van der Waals surface area (Å²) in [6.07, 6.45) is 2.64. The van der Waals surface area contributed by atoms with Crippen molar-refractivity contribution in [2.24, 2.45) is 17.2 Å². The summed E-state index contributed by atoms with van der Waals surface area (Å²) in [7, 11) is 0. The number of unbranched alkanes of at least 4 members (excludes halogenated alkanes) is 1. The fourth-order valence-corrected chi connectivity index (χ4v) is 0. The molecule has 3 nitrogen and oxygen atoms in total. The Hall–Kier alpha value is 0.849. The first kappa shape index (κ1) is 30.7. The van der Waals surface area contributed by atoms with E-state index < -0.39 is 0 Å². The van der Waals surface area contributed by atoms with Gasteiger partial charge in [-0.2, -0.15) is 0 Å². The van der Waals surface area contributed by atoms with Crippen LogP contribution in [0.4, 0.5) is 0 Å². The molecule has 0 heterocycles. The molecule has 0 amide bonds. The van der Waals surface area contributed by atoms with Crippen molar-refractivity contribution in [3.63, 3.8) is 0 Å². The summed E-state index contributed by atoms with van der Waals surface area (Å²) < 4.78 is 0.250. The van der Waals surface area contributed by atoms with Crippen LogP contribution in [-0.4, -0.2) is 13.0 Å². The fraction of sp³-hybridized carbons (Fsp3) is 0.571. The van der Waals surface area contributed by atoms with Gasteiger partial charge in [-0.25, -0.2) is 0 Å². The van der Waals surface area contributed by atoms with Gasteiger partial charge in [0.1, 0.15) is 0 Å². The molecule has 1 radical (unpaired) electrons. The van der Waals surface area contributed by atoms with Crippen LogP contribution in [0.3, 0.4) is 0 Å². The zero-order valence-electron chi connectivity index (χ0n) is 9.45. The van der Waals surface area contributed by atoms with Crippen LogP contribution in [0.5, 0.6) is 0 Å². The number of nitrogens with two attached hydrogens (primary N) is 3. The van der Waals surface area contributed by atoms with Gasteiger partial charge in [-0.3, -0.25) is 0 Å². The topological polar surface area (TPSA) is 78.1 Å². The predicted octanol–water partition coefficient (Wildman–Crippen LogP) is 1.13. The maximum Gasteiger partial charge on any atom is 3.00 e. The Morgan fingerprint density at radius 1 is 0.765 bits per heavy atom. The maximum atomic E-state index is 4.66. The van der Waals surface area contributed by atoms with Crippen molar-refractivity contribution >= 4 is 87.5 Å². The first-order valence-electron chi connectivity index (χ1n) is 4.00. The SMILES string of the molecule is CCCC.NC(=S)[S-].NC(=S)[S-].NC(=S)[S-].[Fe+3]. The molecule has 0 aliphatic rings. The van der Waals surface area contributed by atoms with Crippen molar-refractivity contribution < 1.29 is 17.1 Å². The van der Waals surface area contributed by atoms with Gasteiger partial charge < -0.3 is 91.7 Å². The fourth-order valence-electron chi connectivity index (χ4n) is 0. The normalized spacial score (nSPS) is 6.00. The zero-order chi connectivity index (χ0) is 14.1. The smallest absolute Gasteiger partial charge is 0.415 e. The van der Waals surface area contributed by atoms with Gasteiger partial charge in [0, 0.05) is 0 Å². The van der Waals surface area contributed by atoms with E-state index >= 15 is 0 Å². The number of rotatable bonds is 1. The largest absolute Gasteiger partial charge is 3.00 e. The summed E-state index contributed by atoms with van der Waals surface area (Å²) in [5.41, 5.74) is 14.0. The van der Waals surface area contributed by atoms with E-state index in [1.807, 2.05) is 0 Å². The third-order valence-electron chi connectivity index (χ3n) is 0.500. The van der Waals surface area contributed by atoms with E-state index in [-0.39, 0.29) is 30.0 Å². The van der Waals surface area contributed by atoms with Crippen molar-refractivity contribution in [1.29, 1.82) is 0 Å². The van der Waals surface area contributed by atoms with E-state index in [1.165, 1.54) is 12.8 Å². The van der Waals surface area contributed by atoms with Gasteiger partial charge in [0.15, 0.2) is 0 Å². The van der Waals surface area contributed by atoms with Gasteiger partial charge in [-0.05, 0) is 0 Å². The molecule has 0 aromatic heterocycles. The number of hydrogen-bond donors (Lipinski definition) is 3. The summed E-state index contributed by atoms with van der Waals surface area (Å²) in [6, 6.07) is 0. The minimum atomic E-state index is 0. The number of hydrogen-bond acceptors (Lipinski definition) is 6. The Morgan fingerprint density at radius 2 is 0.824 bits per heavy atom. The molecule has 0 unspecified atom stereocenters. The van der Waals surface area contributed by atoms with E-state index in [4.69, 9.17) is 0 Å². The van der Waals surface area contributed by atoms with Crippen molar-refractivity contribution in [1.82, 2.24) is 0 Å². The second-order valence-electron chi connectivity index (χ2n) is 1.96. The molecular weight excluding hydrogens is 374 g/mol. The minimum Gasteiger partial charge on any atom is -0.415 e. The Labute approximate surface area is 147 Å². The van der Waals surface area contributed by atoms with Gasteiger partial charge in [0.25, 0.3) is 0 Å². The average Bonchev–Trinajstić information content (AvgIpc) is 2.00. The molecule has 0 saturated heterocycles. The molecule has 0 bridgehead atoms. The van der Waals surface area contributed by atoms with E-state index in [0.717, 1.165) is 0 Å². The van der Waals surface area contributed by atoms with Crippen LogP contribution in [0.25, 0.3) is 0 Å². The van der Waals surface area contributed by atoms with Crippen LogP contribution >= 0.6 is 36.7 Å². The Kier molecular flexibility index (Phi) is 54.4. The molecule has 0 spiro atoms. The van der Waals surface area contributed by atoms with Gasteiger partial charge in [-0.1, -0.05) is 39.7 Å². The zero-order valence-corrected chi connectivity index (χ0v) is 15.5. The van der Waals surface area contributed by atoms with Crippen LogP contribution in [-0.2, 0) is 55.0 Å². The third kappa shape index (κ3) is 1090.